The molecule has 2 N–H and O–H groups in total. The highest BCUT2D eigenvalue weighted by Gasteiger charge is 2.22. The number of aryl methyl sites for hydroxylation is 1. The molecule has 0 spiro atoms. The molecule has 0 radical (unpaired) electrons. The van der Waals surface area contributed by atoms with Gasteiger partial charge < -0.3 is 15.5 Å². The molecule has 3 amide bonds. The summed E-state index contributed by atoms with van der Waals surface area (Å²) in [5, 5.41) is 5.64. The van der Waals surface area contributed by atoms with Crippen molar-refractivity contribution in [3.8, 4) is 0 Å². The van der Waals surface area contributed by atoms with E-state index < -0.39 is 0 Å². The first-order valence-corrected chi connectivity index (χ1v) is 7.58. The van der Waals surface area contributed by atoms with E-state index >= 15 is 0 Å². The van der Waals surface area contributed by atoms with Crippen molar-refractivity contribution in [1.82, 2.24) is 0 Å². The number of hydrogen-bond donors (Lipinski definition) is 2. The van der Waals surface area contributed by atoms with E-state index in [-0.39, 0.29) is 11.9 Å². The fourth-order valence-electron chi connectivity index (χ4n) is 2.82. The lowest BCUT2D eigenvalue weighted by molar-refractivity contribution is -0.116. The summed E-state index contributed by atoms with van der Waals surface area (Å²) in [4.78, 5) is 25.4. The van der Waals surface area contributed by atoms with Gasteiger partial charge in [-0.05, 0) is 54.8 Å². The van der Waals surface area contributed by atoms with Crippen LogP contribution in [0.1, 0.15) is 18.1 Å². The second-order valence-corrected chi connectivity index (χ2v) is 5.71. The zero-order chi connectivity index (χ0) is 16.4. The van der Waals surface area contributed by atoms with Crippen LogP contribution >= 0.6 is 0 Å². The number of benzene rings is 2. The molecule has 2 aromatic rings. The zero-order valence-corrected chi connectivity index (χ0v) is 13.2. The van der Waals surface area contributed by atoms with Crippen molar-refractivity contribution in [1.29, 1.82) is 0 Å². The van der Waals surface area contributed by atoms with Gasteiger partial charge in [-0.15, -0.1) is 0 Å². The number of carbonyl (C=O) groups excluding carboxylic acids is 2. The highest BCUT2D eigenvalue weighted by Crippen LogP contribution is 2.30. The minimum absolute atomic E-state index is 0.0432. The maximum Gasteiger partial charge on any atom is 0.323 e. The van der Waals surface area contributed by atoms with Gasteiger partial charge in [-0.3, -0.25) is 4.79 Å². The molecule has 0 bridgehead atoms. The van der Waals surface area contributed by atoms with E-state index in [1.807, 2.05) is 49.4 Å². The van der Waals surface area contributed by atoms with Gasteiger partial charge in [0.1, 0.15) is 0 Å². The first kappa shape index (κ1) is 15.1. The van der Waals surface area contributed by atoms with Gasteiger partial charge in [0.05, 0.1) is 0 Å². The molecule has 0 saturated heterocycles. The number of rotatable bonds is 2. The van der Waals surface area contributed by atoms with Crippen LogP contribution < -0.4 is 15.5 Å². The molecule has 2 aromatic carbocycles. The van der Waals surface area contributed by atoms with Crippen LogP contribution in [0.2, 0.25) is 0 Å². The van der Waals surface area contributed by atoms with Crippen LogP contribution in [0.3, 0.4) is 0 Å². The van der Waals surface area contributed by atoms with Gasteiger partial charge in [-0.1, -0.05) is 12.1 Å². The third-order valence-electron chi connectivity index (χ3n) is 3.89. The third-order valence-corrected chi connectivity index (χ3v) is 3.89. The lowest BCUT2D eigenvalue weighted by Crippen LogP contribution is -2.25. The summed E-state index contributed by atoms with van der Waals surface area (Å²) in [6.07, 6.45) is 0.809. The van der Waals surface area contributed by atoms with E-state index in [9.17, 15) is 9.59 Å². The van der Waals surface area contributed by atoms with Crippen molar-refractivity contribution >= 4 is 29.0 Å². The molecule has 0 fully saturated rings. The summed E-state index contributed by atoms with van der Waals surface area (Å²) in [6, 6.07) is 13.0. The topological polar surface area (TPSA) is 61.4 Å². The molecule has 1 aliphatic rings. The van der Waals surface area contributed by atoms with Gasteiger partial charge in [-0.2, -0.15) is 0 Å². The Labute approximate surface area is 135 Å². The number of urea groups is 1. The maximum absolute atomic E-state index is 12.1. The van der Waals surface area contributed by atoms with Crippen LogP contribution in [0.15, 0.2) is 42.5 Å². The number of anilines is 3. The Morgan fingerprint density at radius 1 is 1.04 bits per heavy atom. The molecule has 23 heavy (non-hydrogen) atoms. The number of nitrogens with zero attached hydrogens (tertiary/aromatic N) is 1. The van der Waals surface area contributed by atoms with E-state index in [4.69, 9.17) is 0 Å². The maximum atomic E-state index is 12.1. The largest absolute Gasteiger partial charge is 0.323 e. The first-order valence-electron chi connectivity index (χ1n) is 7.58. The fourth-order valence-corrected chi connectivity index (χ4v) is 2.82. The zero-order valence-electron chi connectivity index (χ0n) is 13.2. The van der Waals surface area contributed by atoms with E-state index in [0.717, 1.165) is 34.6 Å². The molecule has 0 atom stereocenters. The Balaban J connectivity index is 1.69. The highest BCUT2D eigenvalue weighted by atomic mass is 16.2. The van der Waals surface area contributed by atoms with E-state index in [2.05, 4.69) is 10.6 Å². The number of hydrogen-bond acceptors (Lipinski definition) is 2. The van der Waals surface area contributed by atoms with Crippen LogP contribution in [0.25, 0.3) is 0 Å². The fraction of sp³-hybridized carbons (Fsp3) is 0.222. The van der Waals surface area contributed by atoms with Crippen LogP contribution in [0, 0.1) is 6.92 Å². The van der Waals surface area contributed by atoms with Gasteiger partial charge in [0, 0.05) is 30.5 Å². The lowest BCUT2D eigenvalue weighted by atomic mass is 10.1. The monoisotopic (exact) mass is 309 g/mol. The van der Waals surface area contributed by atoms with Crippen molar-refractivity contribution in [2.24, 2.45) is 0 Å². The summed E-state index contributed by atoms with van der Waals surface area (Å²) in [5.41, 5.74) is 4.58. The molecular weight excluding hydrogens is 290 g/mol. The van der Waals surface area contributed by atoms with Crippen molar-refractivity contribution in [2.45, 2.75) is 20.3 Å². The van der Waals surface area contributed by atoms with Crippen molar-refractivity contribution in [3.05, 3.63) is 53.6 Å². The molecule has 0 aromatic heterocycles. The van der Waals surface area contributed by atoms with Crippen molar-refractivity contribution in [2.75, 3.05) is 22.1 Å². The molecule has 118 valence electrons. The Kier molecular flexibility index (Phi) is 4.02. The van der Waals surface area contributed by atoms with E-state index in [1.54, 1.807) is 11.8 Å². The Bertz CT molecular complexity index is 771. The molecule has 0 unspecified atom stereocenters. The second kappa shape index (κ2) is 6.12. The number of fused-ring (bicyclic) bond motifs is 1. The van der Waals surface area contributed by atoms with E-state index in [0.29, 0.717) is 6.54 Å². The lowest BCUT2D eigenvalue weighted by Gasteiger charge is -2.15. The SMILES string of the molecule is CC(=O)N1CCc2cc(NC(=O)Nc3cccc(C)c3)ccc21. The molecule has 5 heteroatoms. The minimum atomic E-state index is -0.281. The summed E-state index contributed by atoms with van der Waals surface area (Å²) >= 11 is 0. The highest BCUT2D eigenvalue weighted by molar-refractivity contribution is 6.00. The Hall–Kier alpha value is -2.82. The van der Waals surface area contributed by atoms with Crippen LogP contribution in [-0.4, -0.2) is 18.5 Å². The predicted molar refractivity (Wildman–Crippen MR) is 92.0 cm³/mol. The van der Waals surface area contributed by atoms with Crippen LogP contribution in [-0.2, 0) is 11.2 Å². The summed E-state index contributed by atoms with van der Waals surface area (Å²) in [6.45, 7) is 4.24. The quantitative estimate of drug-likeness (QED) is 0.891. The Morgan fingerprint density at radius 3 is 2.48 bits per heavy atom. The molecule has 1 heterocycles. The first-order chi connectivity index (χ1) is 11.0. The Morgan fingerprint density at radius 2 is 1.78 bits per heavy atom. The van der Waals surface area contributed by atoms with Gasteiger partial charge in [0.25, 0.3) is 0 Å². The molecule has 5 nitrogen and oxygen atoms in total. The number of carbonyl (C=O) groups is 2. The summed E-state index contributed by atoms with van der Waals surface area (Å²) in [5.74, 6) is 0.0432. The average molecular weight is 309 g/mol. The van der Waals surface area contributed by atoms with Gasteiger partial charge in [0.2, 0.25) is 5.91 Å². The van der Waals surface area contributed by atoms with Crippen LogP contribution in [0.4, 0.5) is 21.9 Å². The number of amides is 3. The molecule has 0 saturated carbocycles. The second-order valence-electron chi connectivity index (χ2n) is 5.71. The molecule has 0 aliphatic carbocycles. The van der Waals surface area contributed by atoms with Crippen molar-refractivity contribution in [3.63, 3.8) is 0 Å². The molecule has 3 rings (SSSR count). The standard InChI is InChI=1S/C18H19N3O2/c1-12-4-3-5-15(10-12)19-18(23)20-16-6-7-17-14(11-16)8-9-21(17)13(2)22/h3-7,10-11H,8-9H2,1-2H3,(H2,19,20,23). The normalized spacial score (nSPS) is 12.7. The van der Waals surface area contributed by atoms with Crippen LogP contribution in [0.5, 0.6) is 0 Å². The summed E-state index contributed by atoms with van der Waals surface area (Å²) < 4.78 is 0. The predicted octanol–water partition coefficient (Wildman–Crippen LogP) is 3.55. The average Bonchev–Trinajstić information content (AvgIpc) is 2.90. The number of nitrogens with one attached hydrogen (secondary N) is 2. The van der Waals surface area contributed by atoms with Gasteiger partial charge in [-0.25, -0.2) is 4.79 Å². The van der Waals surface area contributed by atoms with Gasteiger partial charge in [0.15, 0.2) is 0 Å². The van der Waals surface area contributed by atoms with Gasteiger partial charge >= 0.3 is 6.03 Å². The minimum Gasteiger partial charge on any atom is -0.312 e. The third kappa shape index (κ3) is 3.34. The van der Waals surface area contributed by atoms with E-state index in [1.165, 1.54) is 0 Å². The molecular formula is C18H19N3O2. The molecule has 1 aliphatic heterocycles. The smallest absolute Gasteiger partial charge is 0.312 e. The summed E-state index contributed by atoms with van der Waals surface area (Å²) in [7, 11) is 0. The van der Waals surface area contributed by atoms with Crippen molar-refractivity contribution < 1.29 is 9.59 Å².